The maximum Gasteiger partial charge on any atom is 0.338 e. The Bertz CT molecular complexity index is 766. The SMILES string of the molecule is CCOC(=O)c1ccc(C)c(NC(=O)c2cnc(Cl)nc2Cl)c1. The Morgan fingerprint density at radius 2 is 2.04 bits per heavy atom. The van der Waals surface area contributed by atoms with Gasteiger partial charge in [-0.2, -0.15) is 0 Å². The van der Waals surface area contributed by atoms with Gasteiger partial charge in [0, 0.05) is 11.9 Å². The highest BCUT2D eigenvalue weighted by atomic mass is 35.5. The highest BCUT2D eigenvalue weighted by molar-refractivity contribution is 6.34. The molecule has 0 atom stereocenters. The lowest BCUT2D eigenvalue weighted by atomic mass is 10.1. The van der Waals surface area contributed by atoms with Crippen molar-refractivity contribution in [3.63, 3.8) is 0 Å². The summed E-state index contributed by atoms with van der Waals surface area (Å²) in [5.41, 5.74) is 1.66. The van der Waals surface area contributed by atoms with E-state index in [0.717, 1.165) is 5.56 Å². The van der Waals surface area contributed by atoms with Gasteiger partial charge in [0.25, 0.3) is 5.91 Å². The molecule has 23 heavy (non-hydrogen) atoms. The topological polar surface area (TPSA) is 81.2 Å². The van der Waals surface area contributed by atoms with E-state index >= 15 is 0 Å². The molecule has 1 aromatic carbocycles. The fourth-order valence-corrected chi connectivity index (χ4v) is 2.17. The van der Waals surface area contributed by atoms with E-state index in [1.54, 1.807) is 26.0 Å². The molecule has 1 heterocycles. The first-order chi connectivity index (χ1) is 10.9. The van der Waals surface area contributed by atoms with Crippen LogP contribution < -0.4 is 5.32 Å². The maximum atomic E-state index is 12.3. The van der Waals surface area contributed by atoms with E-state index in [2.05, 4.69) is 15.3 Å². The summed E-state index contributed by atoms with van der Waals surface area (Å²) in [7, 11) is 0. The van der Waals surface area contributed by atoms with Gasteiger partial charge in [0.05, 0.1) is 17.7 Å². The zero-order chi connectivity index (χ0) is 17.0. The standard InChI is InChI=1S/C15H13Cl2N3O3/c1-3-23-14(22)9-5-4-8(2)11(6-9)19-13(21)10-7-18-15(17)20-12(10)16/h4-7H,3H2,1-2H3,(H,19,21). The minimum atomic E-state index is -0.504. The van der Waals surface area contributed by atoms with Crippen LogP contribution in [-0.2, 0) is 4.74 Å². The number of hydrogen-bond acceptors (Lipinski definition) is 5. The average Bonchev–Trinajstić information content (AvgIpc) is 2.49. The number of anilines is 1. The summed E-state index contributed by atoms with van der Waals surface area (Å²) in [6, 6.07) is 4.87. The fraction of sp³-hybridized carbons (Fsp3) is 0.200. The van der Waals surface area contributed by atoms with Crippen molar-refractivity contribution in [3.8, 4) is 0 Å². The fourth-order valence-electron chi connectivity index (χ4n) is 1.78. The van der Waals surface area contributed by atoms with E-state index in [1.807, 2.05) is 0 Å². The predicted octanol–water partition coefficient (Wildman–Crippen LogP) is 3.52. The number of hydrogen-bond donors (Lipinski definition) is 1. The number of amides is 1. The molecule has 0 aliphatic carbocycles. The molecule has 0 unspecified atom stereocenters. The maximum absolute atomic E-state index is 12.3. The molecule has 6 nitrogen and oxygen atoms in total. The third-order valence-corrected chi connectivity index (χ3v) is 3.42. The number of nitrogens with one attached hydrogen (secondary N) is 1. The lowest BCUT2D eigenvalue weighted by Crippen LogP contribution is -2.15. The lowest BCUT2D eigenvalue weighted by Gasteiger charge is -2.11. The number of rotatable bonds is 4. The first kappa shape index (κ1) is 17.2. The number of aromatic nitrogens is 2. The number of ether oxygens (including phenoxy) is 1. The van der Waals surface area contributed by atoms with E-state index < -0.39 is 11.9 Å². The van der Waals surface area contributed by atoms with E-state index in [1.165, 1.54) is 12.3 Å². The zero-order valence-corrected chi connectivity index (χ0v) is 13.9. The summed E-state index contributed by atoms with van der Waals surface area (Å²) in [6.07, 6.45) is 1.23. The van der Waals surface area contributed by atoms with Crippen LogP contribution in [0.1, 0.15) is 33.2 Å². The molecule has 8 heteroatoms. The summed E-state index contributed by atoms with van der Waals surface area (Å²) < 4.78 is 4.94. The van der Waals surface area contributed by atoms with Crippen molar-refractivity contribution in [3.05, 3.63) is 51.5 Å². The van der Waals surface area contributed by atoms with E-state index in [9.17, 15) is 9.59 Å². The number of halogens is 2. The Kier molecular flexibility index (Phi) is 5.52. The average molecular weight is 354 g/mol. The molecule has 0 bridgehead atoms. The molecule has 1 N–H and O–H groups in total. The summed E-state index contributed by atoms with van der Waals surface area (Å²) in [4.78, 5) is 31.5. The van der Waals surface area contributed by atoms with Crippen LogP contribution in [-0.4, -0.2) is 28.5 Å². The number of nitrogens with zero attached hydrogens (tertiary/aromatic N) is 2. The van der Waals surface area contributed by atoms with Gasteiger partial charge in [0.1, 0.15) is 5.15 Å². The molecule has 1 aromatic heterocycles. The van der Waals surface area contributed by atoms with Crippen molar-refractivity contribution < 1.29 is 14.3 Å². The van der Waals surface area contributed by atoms with Crippen molar-refractivity contribution in [2.24, 2.45) is 0 Å². The van der Waals surface area contributed by atoms with Crippen LogP contribution in [0, 0.1) is 6.92 Å². The Labute approximate surface area is 142 Å². The Balaban J connectivity index is 2.26. The van der Waals surface area contributed by atoms with Crippen LogP contribution in [0.2, 0.25) is 10.4 Å². The number of carbonyl (C=O) groups is 2. The molecule has 0 radical (unpaired) electrons. The van der Waals surface area contributed by atoms with Crippen LogP contribution in [0.25, 0.3) is 0 Å². The number of aryl methyl sites for hydroxylation is 1. The van der Waals surface area contributed by atoms with Gasteiger partial charge < -0.3 is 10.1 Å². The monoisotopic (exact) mass is 353 g/mol. The first-order valence-electron chi connectivity index (χ1n) is 6.69. The molecule has 2 aromatic rings. The van der Waals surface area contributed by atoms with Crippen molar-refractivity contribution >= 4 is 40.8 Å². The second-order valence-electron chi connectivity index (χ2n) is 4.55. The molecule has 0 aliphatic heterocycles. The number of esters is 1. The summed E-state index contributed by atoms with van der Waals surface area (Å²) in [5, 5.41) is 2.57. The van der Waals surface area contributed by atoms with Gasteiger partial charge in [-0.05, 0) is 43.1 Å². The van der Waals surface area contributed by atoms with Crippen molar-refractivity contribution in [2.75, 3.05) is 11.9 Å². The van der Waals surface area contributed by atoms with Gasteiger partial charge in [-0.1, -0.05) is 17.7 Å². The van der Waals surface area contributed by atoms with Gasteiger partial charge >= 0.3 is 5.97 Å². The third kappa shape index (κ3) is 4.18. The molecule has 1 amide bonds. The molecular weight excluding hydrogens is 341 g/mol. The number of carbonyl (C=O) groups excluding carboxylic acids is 2. The molecule has 2 rings (SSSR count). The third-order valence-electron chi connectivity index (χ3n) is 2.95. The minimum Gasteiger partial charge on any atom is -0.462 e. The smallest absolute Gasteiger partial charge is 0.338 e. The van der Waals surface area contributed by atoms with E-state index in [4.69, 9.17) is 27.9 Å². The van der Waals surface area contributed by atoms with Crippen LogP contribution in [0.5, 0.6) is 0 Å². The minimum absolute atomic E-state index is 0.0490. The largest absolute Gasteiger partial charge is 0.462 e. The van der Waals surface area contributed by atoms with Crippen LogP contribution in [0.15, 0.2) is 24.4 Å². The summed E-state index contributed by atoms with van der Waals surface area (Å²) in [5.74, 6) is -0.966. The first-order valence-corrected chi connectivity index (χ1v) is 7.45. The molecule has 0 fully saturated rings. The second kappa shape index (κ2) is 7.39. The zero-order valence-electron chi connectivity index (χ0n) is 12.4. The Morgan fingerprint density at radius 3 is 2.70 bits per heavy atom. The molecule has 0 saturated carbocycles. The molecule has 0 saturated heterocycles. The second-order valence-corrected chi connectivity index (χ2v) is 5.24. The van der Waals surface area contributed by atoms with Crippen LogP contribution in [0.4, 0.5) is 5.69 Å². The van der Waals surface area contributed by atoms with Gasteiger partial charge in [0.2, 0.25) is 5.28 Å². The van der Waals surface area contributed by atoms with Crippen molar-refractivity contribution in [1.82, 2.24) is 9.97 Å². The Hall–Kier alpha value is -2.18. The Morgan fingerprint density at radius 1 is 1.30 bits per heavy atom. The highest BCUT2D eigenvalue weighted by Crippen LogP contribution is 2.21. The molecule has 0 aliphatic rings. The van der Waals surface area contributed by atoms with Gasteiger partial charge in [-0.3, -0.25) is 4.79 Å². The van der Waals surface area contributed by atoms with E-state index in [-0.39, 0.29) is 22.6 Å². The normalized spacial score (nSPS) is 10.3. The van der Waals surface area contributed by atoms with Crippen LogP contribution in [0.3, 0.4) is 0 Å². The van der Waals surface area contributed by atoms with Crippen molar-refractivity contribution in [1.29, 1.82) is 0 Å². The van der Waals surface area contributed by atoms with Gasteiger partial charge in [-0.25, -0.2) is 14.8 Å². The van der Waals surface area contributed by atoms with E-state index in [0.29, 0.717) is 11.3 Å². The molecule has 120 valence electrons. The van der Waals surface area contributed by atoms with Crippen molar-refractivity contribution in [2.45, 2.75) is 13.8 Å². The quantitative estimate of drug-likeness (QED) is 0.516. The number of benzene rings is 1. The summed E-state index contributed by atoms with van der Waals surface area (Å²) in [6.45, 7) is 3.79. The van der Waals surface area contributed by atoms with Gasteiger partial charge in [-0.15, -0.1) is 0 Å². The van der Waals surface area contributed by atoms with Crippen LogP contribution >= 0.6 is 23.2 Å². The lowest BCUT2D eigenvalue weighted by molar-refractivity contribution is 0.0526. The van der Waals surface area contributed by atoms with Gasteiger partial charge in [0.15, 0.2) is 0 Å². The molecular formula is C15H13Cl2N3O3. The molecule has 0 spiro atoms. The predicted molar refractivity (Wildman–Crippen MR) is 87.1 cm³/mol. The highest BCUT2D eigenvalue weighted by Gasteiger charge is 2.15. The summed E-state index contributed by atoms with van der Waals surface area (Å²) >= 11 is 11.5.